The van der Waals surface area contributed by atoms with Gasteiger partial charge in [-0.25, -0.2) is 8.42 Å². The molecular formula is C10H24N2O2S. The quantitative estimate of drug-likeness (QED) is 0.632. The van der Waals surface area contributed by atoms with Crippen LogP contribution in [-0.4, -0.2) is 51.0 Å². The Bertz CT molecular complexity index is 240. The van der Waals surface area contributed by atoms with E-state index >= 15 is 0 Å². The second kappa shape index (κ2) is 8.07. The van der Waals surface area contributed by atoms with Gasteiger partial charge >= 0.3 is 0 Å². The third kappa shape index (κ3) is 7.76. The Morgan fingerprint density at radius 2 is 1.80 bits per heavy atom. The van der Waals surface area contributed by atoms with Gasteiger partial charge in [0.05, 0.1) is 5.75 Å². The molecule has 0 aromatic rings. The fraction of sp³-hybridized carbons (Fsp3) is 1.00. The Balaban J connectivity index is 3.94. The average molecular weight is 236 g/mol. The summed E-state index contributed by atoms with van der Waals surface area (Å²) in [6, 6.07) is 0. The second-order valence-electron chi connectivity index (χ2n) is 3.72. The third-order valence-electron chi connectivity index (χ3n) is 2.38. The van der Waals surface area contributed by atoms with Crippen molar-refractivity contribution in [1.29, 1.82) is 0 Å². The summed E-state index contributed by atoms with van der Waals surface area (Å²) in [7, 11) is -2.83. The minimum Gasteiger partial charge on any atom is -0.330 e. The van der Waals surface area contributed by atoms with Crippen LogP contribution in [-0.2, 0) is 9.84 Å². The van der Waals surface area contributed by atoms with Crippen molar-refractivity contribution in [2.45, 2.75) is 26.7 Å². The van der Waals surface area contributed by atoms with E-state index in [-0.39, 0.29) is 11.5 Å². The van der Waals surface area contributed by atoms with E-state index < -0.39 is 9.84 Å². The second-order valence-corrected chi connectivity index (χ2v) is 6.19. The molecule has 5 heteroatoms. The summed E-state index contributed by atoms with van der Waals surface area (Å²) < 4.78 is 22.7. The lowest BCUT2D eigenvalue weighted by Crippen LogP contribution is -2.32. The van der Waals surface area contributed by atoms with Crippen LogP contribution in [0.3, 0.4) is 0 Å². The first-order valence-corrected chi connectivity index (χ1v) is 7.50. The van der Waals surface area contributed by atoms with Crippen molar-refractivity contribution in [2.24, 2.45) is 5.73 Å². The van der Waals surface area contributed by atoms with Crippen molar-refractivity contribution >= 4 is 9.84 Å². The van der Waals surface area contributed by atoms with Gasteiger partial charge < -0.3 is 10.6 Å². The average Bonchev–Trinajstić information content (AvgIpc) is 2.22. The lowest BCUT2D eigenvalue weighted by molar-refractivity contribution is 0.287. The van der Waals surface area contributed by atoms with Crippen LogP contribution in [0.5, 0.6) is 0 Å². The summed E-state index contributed by atoms with van der Waals surface area (Å²) in [5.74, 6) is 0.512. The normalized spacial score (nSPS) is 12.3. The van der Waals surface area contributed by atoms with Gasteiger partial charge in [0.25, 0.3) is 0 Å². The highest BCUT2D eigenvalue weighted by Crippen LogP contribution is 1.97. The predicted octanol–water partition coefficient (Wildman–Crippen LogP) is 0.482. The van der Waals surface area contributed by atoms with E-state index in [0.717, 1.165) is 25.9 Å². The third-order valence-corrected chi connectivity index (χ3v) is 4.06. The van der Waals surface area contributed by atoms with Crippen molar-refractivity contribution < 1.29 is 8.42 Å². The zero-order valence-corrected chi connectivity index (χ0v) is 10.7. The monoisotopic (exact) mass is 236 g/mol. The van der Waals surface area contributed by atoms with Crippen LogP contribution in [0.1, 0.15) is 26.7 Å². The summed E-state index contributed by atoms with van der Waals surface area (Å²) in [5, 5.41) is 0. The molecule has 0 heterocycles. The first-order valence-electron chi connectivity index (χ1n) is 5.68. The Kier molecular flexibility index (Phi) is 8.00. The molecule has 0 rings (SSSR count). The minimum atomic E-state index is -2.83. The van der Waals surface area contributed by atoms with Crippen LogP contribution < -0.4 is 5.73 Å². The maximum Gasteiger partial charge on any atom is 0.151 e. The van der Waals surface area contributed by atoms with Gasteiger partial charge in [0.1, 0.15) is 0 Å². The Hall–Kier alpha value is -0.130. The van der Waals surface area contributed by atoms with E-state index in [1.165, 1.54) is 0 Å². The molecule has 0 unspecified atom stereocenters. The van der Waals surface area contributed by atoms with Gasteiger partial charge in [-0.1, -0.05) is 13.8 Å². The maximum atomic E-state index is 11.3. The molecule has 0 spiro atoms. The first kappa shape index (κ1) is 14.9. The van der Waals surface area contributed by atoms with Crippen LogP contribution in [0.4, 0.5) is 0 Å². The molecule has 15 heavy (non-hydrogen) atoms. The van der Waals surface area contributed by atoms with Crippen LogP contribution in [0.15, 0.2) is 0 Å². The van der Waals surface area contributed by atoms with Crippen molar-refractivity contribution in [1.82, 2.24) is 4.90 Å². The molecule has 0 atom stereocenters. The summed E-state index contributed by atoms with van der Waals surface area (Å²) in [4.78, 5) is 2.18. The fourth-order valence-corrected chi connectivity index (χ4v) is 2.20. The molecule has 0 aromatic heterocycles. The highest BCUT2D eigenvalue weighted by atomic mass is 32.2. The molecule has 0 radical (unpaired) electrons. The Morgan fingerprint density at radius 1 is 1.13 bits per heavy atom. The molecule has 0 fully saturated rings. The Labute approximate surface area is 93.7 Å². The standard InChI is InChI=1S/C10H24N2O2S/c1-3-7-12(8-5-6-11)9-10-15(13,14)4-2/h3-11H2,1-2H3. The van der Waals surface area contributed by atoms with Crippen LogP contribution >= 0.6 is 0 Å². The SMILES string of the molecule is CCCN(CCCN)CCS(=O)(=O)CC. The van der Waals surface area contributed by atoms with E-state index in [4.69, 9.17) is 5.73 Å². The molecule has 0 aliphatic carbocycles. The van der Waals surface area contributed by atoms with Crippen molar-refractivity contribution in [3.05, 3.63) is 0 Å². The van der Waals surface area contributed by atoms with Crippen LogP contribution in [0.2, 0.25) is 0 Å². The molecule has 0 amide bonds. The summed E-state index contributed by atoms with van der Waals surface area (Å²) in [5.41, 5.74) is 5.44. The van der Waals surface area contributed by atoms with Gasteiger partial charge in [-0.3, -0.25) is 0 Å². The molecule has 2 N–H and O–H groups in total. The van der Waals surface area contributed by atoms with Gasteiger partial charge in [0.2, 0.25) is 0 Å². The first-order chi connectivity index (χ1) is 7.05. The molecule has 0 aliphatic rings. The lowest BCUT2D eigenvalue weighted by Gasteiger charge is -2.20. The molecule has 92 valence electrons. The summed E-state index contributed by atoms with van der Waals surface area (Å²) in [6.07, 6.45) is 1.99. The number of sulfone groups is 1. The number of rotatable bonds is 9. The number of hydrogen-bond acceptors (Lipinski definition) is 4. The zero-order valence-electron chi connectivity index (χ0n) is 9.91. The van der Waals surface area contributed by atoms with Gasteiger partial charge in [0, 0.05) is 12.3 Å². The topological polar surface area (TPSA) is 63.4 Å². The smallest absolute Gasteiger partial charge is 0.151 e. The molecule has 0 saturated heterocycles. The zero-order chi connectivity index (χ0) is 11.7. The van der Waals surface area contributed by atoms with E-state index in [9.17, 15) is 8.42 Å². The number of hydrogen-bond donors (Lipinski definition) is 1. The molecule has 0 aromatic carbocycles. The lowest BCUT2D eigenvalue weighted by atomic mass is 10.3. The largest absolute Gasteiger partial charge is 0.330 e. The van der Waals surface area contributed by atoms with Gasteiger partial charge in [-0.15, -0.1) is 0 Å². The molecule has 0 aliphatic heterocycles. The highest BCUT2D eigenvalue weighted by molar-refractivity contribution is 7.91. The van der Waals surface area contributed by atoms with Crippen molar-refractivity contribution in [3.8, 4) is 0 Å². The number of nitrogens with zero attached hydrogens (tertiary/aromatic N) is 1. The van der Waals surface area contributed by atoms with E-state index in [2.05, 4.69) is 11.8 Å². The highest BCUT2D eigenvalue weighted by Gasteiger charge is 2.10. The van der Waals surface area contributed by atoms with Gasteiger partial charge in [0.15, 0.2) is 9.84 Å². The Morgan fingerprint density at radius 3 is 2.27 bits per heavy atom. The van der Waals surface area contributed by atoms with Gasteiger partial charge in [-0.2, -0.15) is 0 Å². The van der Waals surface area contributed by atoms with E-state index in [1.807, 2.05) is 0 Å². The van der Waals surface area contributed by atoms with Crippen LogP contribution in [0, 0.1) is 0 Å². The maximum absolute atomic E-state index is 11.3. The van der Waals surface area contributed by atoms with Crippen molar-refractivity contribution in [2.75, 3.05) is 37.7 Å². The fourth-order valence-electron chi connectivity index (χ4n) is 1.38. The summed E-state index contributed by atoms with van der Waals surface area (Å²) >= 11 is 0. The predicted molar refractivity (Wildman–Crippen MR) is 64.7 cm³/mol. The van der Waals surface area contributed by atoms with Crippen molar-refractivity contribution in [3.63, 3.8) is 0 Å². The van der Waals surface area contributed by atoms with E-state index in [1.54, 1.807) is 6.92 Å². The molecule has 0 saturated carbocycles. The number of nitrogens with two attached hydrogens (primary N) is 1. The van der Waals surface area contributed by atoms with Crippen LogP contribution in [0.25, 0.3) is 0 Å². The molecule has 4 nitrogen and oxygen atoms in total. The van der Waals surface area contributed by atoms with Gasteiger partial charge in [-0.05, 0) is 32.5 Å². The molecule has 0 bridgehead atoms. The molecular weight excluding hydrogens is 212 g/mol. The minimum absolute atomic E-state index is 0.240. The van der Waals surface area contributed by atoms with E-state index in [0.29, 0.717) is 13.1 Å². The summed E-state index contributed by atoms with van der Waals surface area (Å²) in [6.45, 7) is 6.97.